The van der Waals surface area contributed by atoms with E-state index in [2.05, 4.69) is 53.1 Å². The standard InChI is InChI=1S/C25H29N3OS/c1-17-6-7-24-21(14-26)20-10-13-30-16-22(20)25(27-11-8-18(15-29)9-12-27)28(24)23-5-3-2-4-19(17)23/h2-5,7,17-18,29H,6,8-13,15-16H2,1H3. The molecule has 0 bridgehead atoms. The lowest BCUT2D eigenvalue weighted by Gasteiger charge is -2.45. The van der Waals surface area contributed by atoms with Crippen LogP contribution in [0.3, 0.4) is 0 Å². The van der Waals surface area contributed by atoms with E-state index in [-0.39, 0.29) is 6.61 Å². The molecule has 1 unspecified atom stereocenters. The average molecular weight is 420 g/mol. The van der Waals surface area contributed by atoms with Crippen LogP contribution in [0.5, 0.6) is 0 Å². The van der Waals surface area contributed by atoms with Crippen LogP contribution in [0.2, 0.25) is 0 Å². The Morgan fingerprint density at radius 3 is 2.77 bits per heavy atom. The lowest BCUT2D eigenvalue weighted by Crippen LogP contribution is -2.44. The van der Waals surface area contributed by atoms with E-state index >= 15 is 0 Å². The Kier molecular flexibility index (Phi) is 5.39. The number of nitrogens with zero attached hydrogens (tertiary/aromatic N) is 3. The van der Waals surface area contributed by atoms with Gasteiger partial charge < -0.3 is 10.0 Å². The third-order valence-corrected chi connectivity index (χ3v) is 8.03. The maximum atomic E-state index is 10.2. The predicted octanol–water partition coefficient (Wildman–Crippen LogP) is 4.77. The van der Waals surface area contributed by atoms with Crippen LogP contribution in [0.15, 0.2) is 58.6 Å². The van der Waals surface area contributed by atoms with E-state index in [1.807, 2.05) is 11.8 Å². The zero-order valence-corrected chi connectivity index (χ0v) is 18.4. The van der Waals surface area contributed by atoms with Gasteiger partial charge in [0.25, 0.3) is 0 Å². The molecule has 5 heteroatoms. The summed E-state index contributed by atoms with van der Waals surface area (Å²) in [6.07, 6.45) is 6.27. The lowest BCUT2D eigenvalue weighted by atomic mass is 9.90. The largest absolute Gasteiger partial charge is 0.396 e. The molecule has 5 rings (SSSR count). The second-order valence-electron chi connectivity index (χ2n) is 8.80. The average Bonchev–Trinajstić information content (AvgIpc) is 2.95. The highest BCUT2D eigenvalue weighted by atomic mass is 32.2. The van der Waals surface area contributed by atoms with Crippen molar-refractivity contribution in [3.63, 3.8) is 0 Å². The molecule has 156 valence electrons. The van der Waals surface area contributed by atoms with E-state index in [1.54, 1.807) is 0 Å². The van der Waals surface area contributed by atoms with Gasteiger partial charge in [-0.2, -0.15) is 17.0 Å². The number of piperidine rings is 1. The van der Waals surface area contributed by atoms with Gasteiger partial charge >= 0.3 is 0 Å². The summed E-state index contributed by atoms with van der Waals surface area (Å²) in [6.45, 7) is 4.50. The molecule has 4 aliphatic rings. The highest BCUT2D eigenvalue weighted by Crippen LogP contribution is 2.48. The minimum atomic E-state index is 0.286. The van der Waals surface area contributed by atoms with Crippen LogP contribution >= 0.6 is 11.8 Å². The van der Waals surface area contributed by atoms with Gasteiger partial charge in [0.1, 0.15) is 11.9 Å². The van der Waals surface area contributed by atoms with Crippen molar-refractivity contribution < 1.29 is 5.11 Å². The second-order valence-corrected chi connectivity index (χ2v) is 9.91. The van der Waals surface area contributed by atoms with Crippen LogP contribution in [0.4, 0.5) is 5.69 Å². The molecule has 1 aromatic rings. The smallest absolute Gasteiger partial charge is 0.118 e. The van der Waals surface area contributed by atoms with Gasteiger partial charge in [-0.25, -0.2) is 0 Å². The Morgan fingerprint density at radius 1 is 1.20 bits per heavy atom. The molecule has 1 aromatic carbocycles. The van der Waals surface area contributed by atoms with Crippen LogP contribution in [-0.4, -0.2) is 41.2 Å². The number of aliphatic hydroxyl groups excluding tert-OH is 1. The van der Waals surface area contributed by atoms with E-state index in [9.17, 15) is 10.4 Å². The molecule has 2 saturated heterocycles. The Morgan fingerprint density at radius 2 is 2.00 bits per heavy atom. The minimum Gasteiger partial charge on any atom is -0.396 e. The van der Waals surface area contributed by atoms with E-state index in [0.717, 1.165) is 61.5 Å². The molecule has 1 N–H and O–H groups in total. The topological polar surface area (TPSA) is 50.5 Å². The van der Waals surface area contributed by atoms with E-state index in [0.29, 0.717) is 11.8 Å². The summed E-state index contributed by atoms with van der Waals surface area (Å²) in [5, 5.41) is 19.8. The van der Waals surface area contributed by atoms with Crippen LogP contribution < -0.4 is 4.90 Å². The lowest BCUT2D eigenvalue weighted by molar-refractivity contribution is 0.149. The van der Waals surface area contributed by atoms with Gasteiger partial charge in [0.05, 0.1) is 17.0 Å². The van der Waals surface area contributed by atoms with Crippen molar-refractivity contribution >= 4 is 17.4 Å². The summed E-state index contributed by atoms with van der Waals surface area (Å²) in [7, 11) is 0. The zero-order valence-electron chi connectivity index (χ0n) is 17.6. The fourth-order valence-electron chi connectivity index (χ4n) is 5.32. The number of thioether (sulfide) groups is 1. The molecular formula is C25H29N3OS. The summed E-state index contributed by atoms with van der Waals surface area (Å²) in [6, 6.07) is 11.3. The summed E-state index contributed by atoms with van der Waals surface area (Å²) in [5.41, 5.74) is 7.17. The number of rotatable bonds is 2. The van der Waals surface area contributed by atoms with Crippen molar-refractivity contribution in [1.82, 2.24) is 4.90 Å². The minimum absolute atomic E-state index is 0.286. The number of hydrogen-bond donors (Lipinski definition) is 1. The number of hydrogen-bond acceptors (Lipinski definition) is 5. The van der Waals surface area contributed by atoms with Gasteiger partial charge in [-0.3, -0.25) is 4.90 Å². The highest BCUT2D eigenvalue weighted by Gasteiger charge is 2.38. The molecule has 0 radical (unpaired) electrons. The van der Waals surface area contributed by atoms with Gasteiger partial charge in [0, 0.05) is 31.0 Å². The molecule has 2 fully saturated rings. The van der Waals surface area contributed by atoms with Crippen LogP contribution in [0, 0.1) is 17.2 Å². The Labute approximate surface area is 183 Å². The van der Waals surface area contributed by atoms with Crippen molar-refractivity contribution in [3.8, 4) is 6.07 Å². The van der Waals surface area contributed by atoms with Gasteiger partial charge in [0.2, 0.25) is 0 Å². The normalized spacial score (nSPS) is 24.6. The number of aliphatic hydroxyl groups is 1. The van der Waals surface area contributed by atoms with Gasteiger partial charge in [-0.1, -0.05) is 31.2 Å². The number of para-hydroxylation sites is 1. The molecule has 4 nitrogen and oxygen atoms in total. The first-order valence-electron chi connectivity index (χ1n) is 11.1. The maximum absolute atomic E-state index is 10.2. The van der Waals surface area contributed by atoms with Crippen LogP contribution in [0.1, 0.15) is 44.1 Å². The van der Waals surface area contributed by atoms with Gasteiger partial charge in [-0.15, -0.1) is 0 Å². The van der Waals surface area contributed by atoms with E-state index < -0.39 is 0 Å². The first-order chi connectivity index (χ1) is 14.7. The molecule has 0 aromatic heterocycles. The van der Waals surface area contributed by atoms with Crippen molar-refractivity contribution in [2.24, 2.45) is 5.92 Å². The first-order valence-corrected chi connectivity index (χ1v) is 12.3. The van der Waals surface area contributed by atoms with Crippen molar-refractivity contribution in [3.05, 3.63) is 64.1 Å². The Hall–Kier alpha value is -2.16. The van der Waals surface area contributed by atoms with E-state index in [4.69, 9.17) is 0 Å². The SMILES string of the molecule is CC1CC=C2C(C#N)=C3CCSCC3=C(N3CCC(CO)CC3)N2c2ccccc21. The molecule has 0 spiro atoms. The summed E-state index contributed by atoms with van der Waals surface area (Å²) < 4.78 is 0. The van der Waals surface area contributed by atoms with Crippen molar-refractivity contribution in [2.45, 2.75) is 38.5 Å². The molecule has 0 saturated carbocycles. The van der Waals surface area contributed by atoms with Crippen LogP contribution in [0.25, 0.3) is 0 Å². The monoisotopic (exact) mass is 419 g/mol. The van der Waals surface area contributed by atoms with Crippen molar-refractivity contribution in [1.29, 1.82) is 5.26 Å². The molecular weight excluding hydrogens is 390 g/mol. The molecule has 0 aliphatic carbocycles. The number of anilines is 1. The van der Waals surface area contributed by atoms with Crippen LogP contribution in [-0.2, 0) is 0 Å². The molecule has 4 aliphatic heterocycles. The second kappa shape index (κ2) is 8.17. The molecule has 0 amide bonds. The zero-order chi connectivity index (χ0) is 20.7. The predicted molar refractivity (Wildman–Crippen MR) is 123 cm³/mol. The summed E-state index contributed by atoms with van der Waals surface area (Å²) in [4.78, 5) is 4.93. The van der Waals surface area contributed by atoms with E-state index in [1.165, 1.54) is 28.2 Å². The first kappa shape index (κ1) is 19.8. The van der Waals surface area contributed by atoms with Crippen molar-refractivity contribution in [2.75, 3.05) is 36.1 Å². The number of likely N-dealkylation sites (tertiary alicyclic amines) is 1. The van der Waals surface area contributed by atoms with Gasteiger partial charge in [0.15, 0.2) is 0 Å². The molecule has 1 atom stereocenters. The third kappa shape index (κ3) is 3.18. The highest BCUT2D eigenvalue weighted by molar-refractivity contribution is 7.99. The third-order valence-electron chi connectivity index (χ3n) is 7.05. The number of allylic oxidation sites excluding steroid dienone is 3. The fraction of sp³-hybridized carbons (Fsp3) is 0.480. The quantitative estimate of drug-likeness (QED) is 0.748. The summed E-state index contributed by atoms with van der Waals surface area (Å²) >= 11 is 1.98. The fourth-order valence-corrected chi connectivity index (χ4v) is 6.32. The number of benzene rings is 1. The number of fused-ring (bicyclic) bond motifs is 4. The maximum Gasteiger partial charge on any atom is 0.118 e. The Balaban J connectivity index is 1.71. The summed E-state index contributed by atoms with van der Waals surface area (Å²) in [5.74, 6) is 4.18. The van der Waals surface area contributed by atoms with Gasteiger partial charge in [-0.05, 0) is 60.5 Å². The number of nitriles is 1. The Bertz CT molecular complexity index is 978. The molecule has 4 heterocycles. The molecule has 30 heavy (non-hydrogen) atoms.